The molecule has 3 rings (SSSR count). The fourth-order valence-electron chi connectivity index (χ4n) is 2.76. The molecule has 1 amide bonds. The molecule has 0 bridgehead atoms. The molecule has 8 heteroatoms. The third kappa shape index (κ3) is 3.96. The van der Waals surface area contributed by atoms with Crippen molar-refractivity contribution in [1.82, 2.24) is 0 Å². The van der Waals surface area contributed by atoms with Crippen LogP contribution in [-0.4, -0.2) is 33.2 Å². The van der Waals surface area contributed by atoms with Gasteiger partial charge in [0.25, 0.3) is 5.91 Å². The zero-order chi connectivity index (χ0) is 18.7. The largest absolute Gasteiger partial charge is 0.481 e. The lowest BCUT2D eigenvalue weighted by Gasteiger charge is -2.18. The Hall–Kier alpha value is -2.61. The number of carbonyl (C=O) groups is 1. The Bertz CT molecular complexity index is 931. The number of nitrogens with zero attached hydrogens (tertiary/aromatic N) is 1. The molecule has 0 aromatic heterocycles. The van der Waals surface area contributed by atoms with Crippen molar-refractivity contribution in [1.29, 1.82) is 0 Å². The van der Waals surface area contributed by atoms with Crippen molar-refractivity contribution >= 4 is 27.3 Å². The molecule has 1 heterocycles. The van der Waals surface area contributed by atoms with Gasteiger partial charge < -0.3 is 10.1 Å². The number of hydrogen-bond donors (Lipinski definition) is 1. The third-order valence-corrected chi connectivity index (χ3v) is 5.94. The molecule has 0 saturated carbocycles. The Morgan fingerprint density at radius 1 is 1.27 bits per heavy atom. The van der Waals surface area contributed by atoms with E-state index in [0.29, 0.717) is 24.3 Å². The van der Waals surface area contributed by atoms with E-state index in [2.05, 4.69) is 5.32 Å². The van der Waals surface area contributed by atoms with Crippen LogP contribution in [0.2, 0.25) is 0 Å². The van der Waals surface area contributed by atoms with Gasteiger partial charge in [-0.05, 0) is 49.2 Å². The van der Waals surface area contributed by atoms with Gasteiger partial charge >= 0.3 is 0 Å². The number of carbonyl (C=O) groups excluding carboxylic acids is 1. The molecular weight excluding hydrogens is 359 g/mol. The number of halogens is 1. The lowest BCUT2D eigenvalue weighted by molar-refractivity contribution is -0.118. The van der Waals surface area contributed by atoms with Crippen molar-refractivity contribution in [2.75, 3.05) is 28.5 Å². The van der Waals surface area contributed by atoms with Gasteiger partial charge in [-0.25, -0.2) is 12.8 Å². The molecule has 0 radical (unpaired) electrons. The fraction of sp³-hybridized carbons (Fsp3) is 0.278. The zero-order valence-electron chi connectivity index (χ0n) is 14.2. The van der Waals surface area contributed by atoms with Crippen molar-refractivity contribution in [3.63, 3.8) is 0 Å². The minimum absolute atomic E-state index is 0.00830. The van der Waals surface area contributed by atoms with Gasteiger partial charge in [0, 0.05) is 12.2 Å². The van der Waals surface area contributed by atoms with Crippen LogP contribution < -0.4 is 14.4 Å². The van der Waals surface area contributed by atoms with Crippen LogP contribution in [-0.2, 0) is 14.8 Å². The summed E-state index contributed by atoms with van der Waals surface area (Å²) in [4.78, 5) is 12.0. The summed E-state index contributed by atoms with van der Waals surface area (Å²) in [5.41, 5.74) is 1.86. The maximum Gasteiger partial charge on any atom is 0.262 e. The van der Waals surface area contributed by atoms with Gasteiger partial charge in [0.15, 0.2) is 18.2 Å². The van der Waals surface area contributed by atoms with Crippen molar-refractivity contribution in [2.45, 2.75) is 13.3 Å². The summed E-state index contributed by atoms with van der Waals surface area (Å²) in [6.45, 7) is 1.91. The van der Waals surface area contributed by atoms with Crippen LogP contribution in [0.4, 0.5) is 15.8 Å². The van der Waals surface area contributed by atoms with Crippen molar-refractivity contribution < 1.29 is 22.3 Å². The summed E-state index contributed by atoms with van der Waals surface area (Å²) in [5.74, 6) is -0.808. The van der Waals surface area contributed by atoms with E-state index in [-0.39, 0.29) is 18.1 Å². The third-order valence-electron chi connectivity index (χ3n) is 4.07. The highest BCUT2D eigenvalue weighted by Gasteiger charge is 2.28. The second kappa shape index (κ2) is 7.33. The molecule has 1 aliphatic heterocycles. The second-order valence-electron chi connectivity index (χ2n) is 6.01. The maximum absolute atomic E-state index is 13.5. The molecule has 26 heavy (non-hydrogen) atoms. The molecule has 138 valence electrons. The Balaban J connectivity index is 1.65. The van der Waals surface area contributed by atoms with E-state index in [4.69, 9.17) is 4.74 Å². The number of hydrogen-bond acceptors (Lipinski definition) is 4. The highest BCUT2D eigenvalue weighted by molar-refractivity contribution is 7.93. The minimum atomic E-state index is -3.25. The number of ether oxygens (including phenoxy) is 1. The molecule has 0 aliphatic carbocycles. The average Bonchev–Trinajstić information content (AvgIpc) is 2.95. The van der Waals surface area contributed by atoms with Crippen molar-refractivity contribution in [3.8, 4) is 5.75 Å². The van der Waals surface area contributed by atoms with E-state index >= 15 is 0 Å². The SMILES string of the molecule is Cc1cc(N2CCCS2(=O)=O)ccc1NC(=O)COc1ccccc1F. The summed E-state index contributed by atoms with van der Waals surface area (Å²) in [5, 5.41) is 2.68. The standard InChI is InChI=1S/C18H19FN2O4S/c1-13-11-14(21-9-4-10-26(21,23)24)7-8-16(13)20-18(22)12-25-17-6-3-2-5-15(17)19/h2-3,5-8,11H,4,9-10,12H2,1H3,(H,20,22). The topological polar surface area (TPSA) is 75.7 Å². The van der Waals surface area contributed by atoms with E-state index in [1.807, 2.05) is 0 Å². The number of benzene rings is 2. The zero-order valence-corrected chi connectivity index (χ0v) is 15.1. The van der Waals surface area contributed by atoms with E-state index in [0.717, 1.165) is 5.56 Å². The van der Waals surface area contributed by atoms with Crippen LogP contribution in [0, 0.1) is 12.7 Å². The first-order chi connectivity index (χ1) is 12.4. The van der Waals surface area contributed by atoms with E-state index in [1.54, 1.807) is 31.2 Å². The number of aryl methyl sites for hydroxylation is 1. The van der Waals surface area contributed by atoms with Crippen LogP contribution in [0.3, 0.4) is 0 Å². The van der Waals surface area contributed by atoms with E-state index in [1.165, 1.54) is 22.5 Å². The van der Waals surface area contributed by atoms with Gasteiger partial charge in [-0.3, -0.25) is 9.10 Å². The molecule has 2 aromatic rings. The Morgan fingerprint density at radius 3 is 2.69 bits per heavy atom. The lowest BCUT2D eigenvalue weighted by Crippen LogP contribution is -2.25. The first-order valence-corrected chi connectivity index (χ1v) is 9.76. The highest BCUT2D eigenvalue weighted by Crippen LogP contribution is 2.28. The predicted octanol–water partition coefficient (Wildman–Crippen LogP) is 2.69. The molecule has 1 fully saturated rings. The van der Waals surface area contributed by atoms with Gasteiger partial charge in [-0.2, -0.15) is 0 Å². The number of para-hydroxylation sites is 1. The van der Waals surface area contributed by atoms with Gasteiger partial charge in [0.1, 0.15) is 0 Å². The number of amides is 1. The monoisotopic (exact) mass is 378 g/mol. The van der Waals surface area contributed by atoms with E-state index in [9.17, 15) is 17.6 Å². The molecule has 1 saturated heterocycles. The molecule has 1 aliphatic rings. The molecule has 0 spiro atoms. The average molecular weight is 378 g/mol. The number of anilines is 2. The summed E-state index contributed by atoms with van der Waals surface area (Å²) in [6, 6.07) is 10.9. The Morgan fingerprint density at radius 2 is 2.04 bits per heavy atom. The molecular formula is C18H19FN2O4S. The van der Waals surface area contributed by atoms with Gasteiger partial charge in [-0.15, -0.1) is 0 Å². The maximum atomic E-state index is 13.5. The van der Waals surface area contributed by atoms with E-state index < -0.39 is 21.7 Å². The predicted molar refractivity (Wildman–Crippen MR) is 97.5 cm³/mol. The molecule has 0 atom stereocenters. The summed E-state index contributed by atoms with van der Waals surface area (Å²) >= 11 is 0. The fourth-order valence-corrected chi connectivity index (χ4v) is 4.32. The molecule has 2 aromatic carbocycles. The summed E-state index contributed by atoms with van der Waals surface area (Å²) in [7, 11) is -3.25. The molecule has 0 unspecified atom stereocenters. The number of nitrogens with one attached hydrogen (secondary N) is 1. The number of sulfonamides is 1. The molecule has 1 N–H and O–H groups in total. The van der Waals surface area contributed by atoms with Crippen LogP contribution in [0.15, 0.2) is 42.5 Å². The first-order valence-electron chi connectivity index (χ1n) is 8.15. The van der Waals surface area contributed by atoms with Crippen LogP contribution in [0.5, 0.6) is 5.75 Å². The molecule has 6 nitrogen and oxygen atoms in total. The smallest absolute Gasteiger partial charge is 0.262 e. The van der Waals surface area contributed by atoms with Crippen molar-refractivity contribution in [3.05, 3.63) is 53.8 Å². The first kappa shape index (κ1) is 18.2. The van der Waals surface area contributed by atoms with Gasteiger partial charge in [0.05, 0.1) is 11.4 Å². The second-order valence-corrected chi connectivity index (χ2v) is 8.02. The van der Waals surface area contributed by atoms with Crippen LogP contribution >= 0.6 is 0 Å². The van der Waals surface area contributed by atoms with Crippen LogP contribution in [0.1, 0.15) is 12.0 Å². The van der Waals surface area contributed by atoms with Crippen molar-refractivity contribution in [2.24, 2.45) is 0 Å². The van der Waals surface area contributed by atoms with Gasteiger partial charge in [-0.1, -0.05) is 12.1 Å². The highest BCUT2D eigenvalue weighted by atomic mass is 32.2. The Kier molecular flexibility index (Phi) is 5.13. The minimum Gasteiger partial charge on any atom is -0.481 e. The quantitative estimate of drug-likeness (QED) is 0.868. The summed E-state index contributed by atoms with van der Waals surface area (Å²) in [6.07, 6.45) is 0.604. The van der Waals surface area contributed by atoms with Crippen LogP contribution in [0.25, 0.3) is 0 Å². The number of rotatable bonds is 5. The Labute approximate surface area is 151 Å². The lowest BCUT2D eigenvalue weighted by atomic mass is 10.1. The normalized spacial score (nSPS) is 15.7. The van der Waals surface area contributed by atoms with Gasteiger partial charge in [0.2, 0.25) is 10.0 Å². The summed E-state index contributed by atoms with van der Waals surface area (Å²) < 4.78 is 44.0.